The van der Waals surface area contributed by atoms with Crippen LogP contribution in [0.4, 0.5) is 0 Å². The SMILES string of the molecule is CC(C)(C)[Si](C)(C)OCCC1=CC(=O)OC1. The Morgan fingerprint density at radius 2 is 2.06 bits per heavy atom. The van der Waals surface area contributed by atoms with Gasteiger partial charge in [0.25, 0.3) is 0 Å². The van der Waals surface area contributed by atoms with Gasteiger partial charge in [-0.15, -0.1) is 0 Å². The summed E-state index contributed by atoms with van der Waals surface area (Å²) in [4.78, 5) is 10.8. The van der Waals surface area contributed by atoms with Gasteiger partial charge in [0.1, 0.15) is 6.61 Å². The molecule has 1 heterocycles. The van der Waals surface area contributed by atoms with Crippen LogP contribution in [0.25, 0.3) is 0 Å². The molecule has 0 N–H and O–H groups in total. The van der Waals surface area contributed by atoms with Gasteiger partial charge in [0.05, 0.1) is 0 Å². The Labute approximate surface area is 99.0 Å². The molecule has 4 heteroatoms. The minimum Gasteiger partial charge on any atom is -0.458 e. The number of rotatable bonds is 4. The summed E-state index contributed by atoms with van der Waals surface area (Å²) < 4.78 is 10.9. The highest BCUT2D eigenvalue weighted by molar-refractivity contribution is 6.74. The Kier molecular flexibility index (Phi) is 3.96. The second kappa shape index (κ2) is 4.71. The Balaban J connectivity index is 2.36. The van der Waals surface area contributed by atoms with Crippen LogP contribution in [0, 0.1) is 0 Å². The van der Waals surface area contributed by atoms with E-state index in [1.807, 2.05) is 0 Å². The highest BCUT2D eigenvalue weighted by Crippen LogP contribution is 2.36. The monoisotopic (exact) mass is 242 g/mol. The van der Waals surface area contributed by atoms with Gasteiger partial charge in [-0.05, 0) is 30.1 Å². The zero-order valence-electron chi connectivity index (χ0n) is 10.9. The molecule has 0 aromatic rings. The van der Waals surface area contributed by atoms with E-state index in [1.165, 1.54) is 0 Å². The van der Waals surface area contributed by atoms with E-state index in [1.54, 1.807) is 6.08 Å². The van der Waals surface area contributed by atoms with Crippen molar-refractivity contribution in [2.45, 2.75) is 45.3 Å². The van der Waals surface area contributed by atoms with Gasteiger partial charge >= 0.3 is 5.97 Å². The number of carbonyl (C=O) groups is 1. The average molecular weight is 242 g/mol. The zero-order chi connectivity index (χ0) is 12.4. The van der Waals surface area contributed by atoms with E-state index in [9.17, 15) is 4.79 Å². The first-order chi connectivity index (χ1) is 7.22. The molecular weight excluding hydrogens is 220 g/mol. The lowest BCUT2D eigenvalue weighted by Gasteiger charge is -2.36. The molecule has 16 heavy (non-hydrogen) atoms. The summed E-state index contributed by atoms with van der Waals surface area (Å²) in [5, 5.41) is 0.239. The molecule has 0 saturated heterocycles. The Hall–Kier alpha value is -0.613. The summed E-state index contributed by atoms with van der Waals surface area (Å²) >= 11 is 0. The van der Waals surface area contributed by atoms with E-state index in [-0.39, 0.29) is 11.0 Å². The molecule has 0 saturated carbocycles. The maximum Gasteiger partial charge on any atom is 0.331 e. The summed E-state index contributed by atoms with van der Waals surface area (Å²) in [7, 11) is -1.65. The van der Waals surface area contributed by atoms with Crippen LogP contribution in [-0.2, 0) is 14.0 Å². The first-order valence-electron chi connectivity index (χ1n) is 5.72. The van der Waals surface area contributed by atoms with E-state index >= 15 is 0 Å². The molecule has 0 aliphatic carbocycles. The minimum absolute atomic E-state index is 0.220. The molecule has 0 bridgehead atoms. The van der Waals surface area contributed by atoms with E-state index in [0.29, 0.717) is 13.2 Å². The molecule has 0 aromatic heterocycles. The quantitative estimate of drug-likeness (QED) is 0.562. The van der Waals surface area contributed by atoms with Crippen molar-refractivity contribution in [3.05, 3.63) is 11.6 Å². The van der Waals surface area contributed by atoms with Crippen molar-refractivity contribution in [1.82, 2.24) is 0 Å². The van der Waals surface area contributed by atoms with Crippen molar-refractivity contribution < 1.29 is 14.0 Å². The fourth-order valence-corrected chi connectivity index (χ4v) is 2.26. The van der Waals surface area contributed by atoms with Crippen LogP contribution in [0.2, 0.25) is 18.1 Å². The summed E-state index contributed by atoms with van der Waals surface area (Å²) in [6.07, 6.45) is 2.38. The van der Waals surface area contributed by atoms with Crippen LogP contribution in [0.15, 0.2) is 11.6 Å². The van der Waals surface area contributed by atoms with Gasteiger partial charge < -0.3 is 9.16 Å². The van der Waals surface area contributed by atoms with E-state index in [0.717, 1.165) is 12.0 Å². The number of ether oxygens (including phenoxy) is 1. The molecule has 0 fully saturated rings. The minimum atomic E-state index is -1.65. The second-order valence-corrected chi connectivity index (χ2v) is 10.6. The van der Waals surface area contributed by atoms with Crippen molar-refractivity contribution in [2.24, 2.45) is 0 Å². The van der Waals surface area contributed by atoms with Gasteiger partial charge in [-0.1, -0.05) is 20.8 Å². The molecule has 1 aliphatic heterocycles. The molecule has 3 nitrogen and oxygen atoms in total. The fraction of sp³-hybridized carbons (Fsp3) is 0.750. The lowest BCUT2D eigenvalue weighted by atomic mass is 10.2. The van der Waals surface area contributed by atoms with Gasteiger partial charge in [-0.3, -0.25) is 0 Å². The van der Waals surface area contributed by atoms with Crippen LogP contribution in [-0.4, -0.2) is 27.5 Å². The number of hydrogen-bond donors (Lipinski definition) is 0. The van der Waals surface area contributed by atoms with E-state index in [2.05, 4.69) is 33.9 Å². The Morgan fingerprint density at radius 3 is 2.50 bits per heavy atom. The van der Waals surface area contributed by atoms with Crippen LogP contribution in [0.1, 0.15) is 27.2 Å². The third-order valence-electron chi connectivity index (χ3n) is 3.41. The highest BCUT2D eigenvalue weighted by Gasteiger charge is 2.36. The van der Waals surface area contributed by atoms with Crippen LogP contribution < -0.4 is 0 Å². The van der Waals surface area contributed by atoms with Crippen molar-refractivity contribution in [1.29, 1.82) is 0 Å². The van der Waals surface area contributed by atoms with E-state index in [4.69, 9.17) is 9.16 Å². The molecule has 0 aromatic carbocycles. The van der Waals surface area contributed by atoms with Crippen molar-refractivity contribution in [3.63, 3.8) is 0 Å². The predicted octanol–water partition coefficient (Wildman–Crippen LogP) is 2.88. The van der Waals surface area contributed by atoms with Crippen molar-refractivity contribution in [3.8, 4) is 0 Å². The molecule has 0 amide bonds. The molecular formula is C12H22O3Si. The van der Waals surface area contributed by atoms with Gasteiger partial charge in [0.15, 0.2) is 8.32 Å². The third kappa shape index (κ3) is 3.45. The third-order valence-corrected chi connectivity index (χ3v) is 7.95. The van der Waals surface area contributed by atoms with Gasteiger partial charge in [-0.25, -0.2) is 4.79 Å². The summed E-state index contributed by atoms with van der Waals surface area (Å²) in [6.45, 7) is 12.3. The molecule has 0 unspecified atom stereocenters. The van der Waals surface area contributed by atoms with Gasteiger partial charge in [0.2, 0.25) is 0 Å². The molecule has 0 radical (unpaired) electrons. The van der Waals surface area contributed by atoms with Gasteiger partial charge in [0, 0.05) is 12.7 Å². The molecule has 92 valence electrons. The van der Waals surface area contributed by atoms with Crippen LogP contribution in [0.3, 0.4) is 0 Å². The first-order valence-corrected chi connectivity index (χ1v) is 8.63. The summed E-state index contributed by atoms with van der Waals surface area (Å²) in [6, 6.07) is 0. The zero-order valence-corrected chi connectivity index (χ0v) is 11.9. The average Bonchev–Trinajstić information content (AvgIpc) is 2.49. The molecule has 0 atom stereocenters. The van der Waals surface area contributed by atoms with Crippen molar-refractivity contribution >= 4 is 14.3 Å². The molecule has 0 spiro atoms. The largest absolute Gasteiger partial charge is 0.458 e. The fourth-order valence-electron chi connectivity index (χ4n) is 1.21. The van der Waals surface area contributed by atoms with E-state index < -0.39 is 8.32 Å². The summed E-state index contributed by atoms with van der Waals surface area (Å²) in [5.41, 5.74) is 1.05. The maximum atomic E-state index is 10.8. The standard InChI is InChI=1S/C12H22O3Si/c1-12(2,3)16(4,5)15-7-6-10-8-11(13)14-9-10/h8H,6-7,9H2,1-5H3. The lowest BCUT2D eigenvalue weighted by Crippen LogP contribution is -2.41. The number of hydrogen-bond acceptors (Lipinski definition) is 3. The van der Waals surface area contributed by atoms with Crippen molar-refractivity contribution in [2.75, 3.05) is 13.2 Å². The first kappa shape index (κ1) is 13.5. The number of carbonyl (C=O) groups excluding carboxylic acids is 1. The number of esters is 1. The molecule has 1 rings (SSSR count). The normalized spacial score (nSPS) is 17.3. The topological polar surface area (TPSA) is 35.5 Å². The van der Waals surface area contributed by atoms with Crippen LogP contribution in [0.5, 0.6) is 0 Å². The predicted molar refractivity (Wildman–Crippen MR) is 66.8 cm³/mol. The smallest absolute Gasteiger partial charge is 0.331 e. The Morgan fingerprint density at radius 1 is 1.44 bits per heavy atom. The second-order valence-electron chi connectivity index (χ2n) is 5.77. The Bertz CT molecular complexity index is 300. The van der Waals surface area contributed by atoms with Crippen LogP contribution >= 0.6 is 0 Å². The lowest BCUT2D eigenvalue weighted by molar-refractivity contribution is -0.134. The molecule has 1 aliphatic rings. The number of cyclic esters (lactones) is 1. The van der Waals surface area contributed by atoms with Gasteiger partial charge in [-0.2, -0.15) is 0 Å². The highest BCUT2D eigenvalue weighted by atomic mass is 28.4. The summed E-state index contributed by atoms with van der Waals surface area (Å²) in [5.74, 6) is -0.220. The maximum absolute atomic E-state index is 10.8.